The first-order valence-corrected chi connectivity index (χ1v) is 8.59. The lowest BCUT2D eigenvalue weighted by molar-refractivity contribution is 0.552. The first-order valence-electron chi connectivity index (χ1n) is 7.64. The lowest BCUT2D eigenvalue weighted by Gasteiger charge is -2.24. The Balaban J connectivity index is 2.29. The Hall–Kier alpha value is -1.61. The van der Waals surface area contributed by atoms with E-state index >= 15 is 0 Å². The largest absolute Gasteiger partial charge is 0.436 e. The SMILES string of the molecule is CC(C)(C)c1cc(C(C)(C)C)c2oc(-c3ccsc3)nc2c1. The molecular weight excluding hydrogens is 290 g/mol. The maximum Gasteiger partial charge on any atom is 0.228 e. The summed E-state index contributed by atoms with van der Waals surface area (Å²) in [6.45, 7) is 13.4. The summed E-state index contributed by atoms with van der Waals surface area (Å²) < 4.78 is 6.13. The normalized spacial score (nSPS) is 13.0. The Morgan fingerprint density at radius 2 is 1.73 bits per heavy atom. The summed E-state index contributed by atoms with van der Waals surface area (Å²) in [6.07, 6.45) is 0. The van der Waals surface area contributed by atoms with Crippen LogP contribution in [0.3, 0.4) is 0 Å². The summed E-state index contributed by atoms with van der Waals surface area (Å²) in [6, 6.07) is 6.51. The van der Waals surface area contributed by atoms with Crippen molar-refractivity contribution in [2.75, 3.05) is 0 Å². The van der Waals surface area contributed by atoms with E-state index in [0.717, 1.165) is 16.7 Å². The highest BCUT2D eigenvalue weighted by atomic mass is 32.1. The first kappa shape index (κ1) is 15.3. The second-order valence-corrected chi connectivity index (χ2v) is 8.68. The lowest BCUT2D eigenvalue weighted by Crippen LogP contribution is -2.16. The second kappa shape index (κ2) is 4.95. The van der Waals surface area contributed by atoms with Crippen LogP contribution in [0.5, 0.6) is 0 Å². The van der Waals surface area contributed by atoms with Crippen LogP contribution in [0, 0.1) is 0 Å². The van der Waals surface area contributed by atoms with Gasteiger partial charge in [-0.2, -0.15) is 11.3 Å². The third-order valence-corrected chi connectivity index (χ3v) is 4.62. The molecule has 3 heteroatoms. The zero-order chi connectivity index (χ0) is 16.1. The number of fused-ring (bicyclic) bond motifs is 1. The van der Waals surface area contributed by atoms with Crippen molar-refractivity contribution in [3.63, 3.8) is 0 Å². The van der Waals surface area contributed by atoms with Crippen molar-refractivity contribution in [2.45, 2.75) is 52.4 Å². The van der Waals surface area contributed by atoms with E-state index < -0.39 is 0 Å². The minimum absolute atomic E-state index is 0.0188. The average Bonchev–Trinajstić information content (AvgIpc) is 3.03. The van der Waals surface area contributed by atoms with Crippen LogP contribution in [0.4, 0.5) is 0 Å². The summed E-state index contributed by atoms with van der Waals surface area (Å²) in [5.74, 6) is 0.716. The minimum Gasteiger partial charge on any atom is -0.436 e. The number of benzene rings is 1. The van der Waals surface area contributed by atoms with E-state index in [0.29, 0.717) is 5.89 Å². The molecule has 3 rings (SSSR count). The molecule has 1 aromatic carbocycles. The van der Waals surface area contributed by atoms with Gasteiger partial charge in [-0.25, -0.2) is 4.98 Å². The highest BCUT2D eigenvalue weighted by Gasteiger charge is 2.25. The van der Waals surface area contributed by atoms with Crippen LogP contribution in [0.15, 0.2) is 33.4 Å². The highest BCUT2D eigenvalue weighted by Crippen LogP contribution is 2.37. The first-order chi connectivity index (χ1) is 10.2. The molecule has 2 heterocycles. The van der Waals surface area contributed by atoms with E-state index in [1.165, 1.54) is 11.1 Å². The van der Waals surface area contributed by atoms with Gasteiger partial charge in [0, 0.05) is 16.5 Å². The van der Waals surface area contributed by atoms with Crippen molar-refractivity contribution in [3.05, 3.63) is 40.1 Å². The van der Waals surface area contributed by atoms with Crippen molar-refractivity contribution in [2.24, 2.45) is 0 Å². The van der Waals surface area contributed by atoms with E-state index in [-0.39, 0.29) is 10.8 Å². The second-order valence-electron chi connectivity index (χ2n) is 7.90. The molecule has 0 fully saturated rings. The number of oxazole rings is 1. The molecule has 116 valence electrons. The van der Waals surface area contributed by atoms with Gasteiger partial charge in [-0.15, -0.1) is 0 Å². The van der Waals surface area contributed by atoms with Gasteiger partial charge in [0.05, 0.1) is 0 Å². The highest BCUT2D eigenvalue weighted by molar-refractivity contribution is 7.08. The molecule has 0 bridgehead atoms. The number of hydrogen-bond donors (Lipinski definition) is 0. The topological polar surface area (TPSA) is 26.0 Å². The minimum atomic E-state index is 0.0188. The van der Waals surface area contributed by atoms with Crippen molar-refractivity contribution in [3.8, 4) is 11.5 Å². The van der Waals surface area contributed by atoms with Gasteiger partial charge >= 0.3 is 0 Å². The van der Waals surface area contributed by atoms with Crippen LogP contribution < -0.4 is 0 Å². The van der Waals surface area contributed by atoms with Crippen LogP contribution in [0.25, 0.3) is 22.6 Å². The van der Waals surface area contributed by atoms with E-state index in [1.807, 2.05) is 0 Å². The molecule has 0 saturated heterocycles. The van der Waals surface area contributed by atoms with Gasteiger partial charge in [0.25, 0.3) is 0 Å². The maximum atomic E-state index is 6.13. The van der Waals surface area contributed by atoms with Crippen LogP contribution in [-0.4, -0.2) is 4.98 Å². The Kier molecular flexibility index (Phi) is 3.44. The zero-order valence-electron chi connectivity index (χ0n) is 14.2. The summed E-state index contributed by atoms with van der Waals surface area (Å²) >= 11 is 1.66. The molecule has 2 nitrogen and oxygen atoms in total. The van der Waals surface area contributed by atoms with Crippen LogP contribution in [-0.2, 0) is 10.8 Å². The third kappa shape index (κ3) is 2.70. The molecular formula is C19H23NOS. The summed E-state index contributed by atoms with van der Waals surface area (Å²) in [7, 11) is 0. The molecule has 0 aliphatic heterocycles. The Morgan fingerprint density at radius 1 is 1.00 bits per heavy atom. The zero-order valence-corrected chi connectivity index (χ0v) is 15.0. The average molecular weight is 313 g/mol. The monoisotopic (exact) mass is 313 g/mol. The lowest BCUT2D eigenvalue weighted by atomic mass is 9.80. The van der Waals surface area contributed by atoms with Crippen LogP contribution >= 0.6 is 11.3 Å². The Labute approximate surface area is 136 Å². The van der Waals surface area contributed by atoms with Crippen molar-refractivity contribution in [1.29, 1.82) is 0 Å². The smallest absolute Gasteiger partial charge is 0.228 e. The predicted molar refractivity (Wildman–Crippen MR) is 94.7 cm³/mol. The maximum absolute atomic E-state index is 6.13. The molecule has 0 amide bonds. The summed E-state index contributed by atoms with van der Waals surface area (Å²) in [5, 5.41) is 4.13. The molecule has 0 spiro atoms. The molecule has 0 saturated carbocycles. The van der Waals surface area contributed by atoms with Crippen molar-refractivity contribution < 1.29 is 4.42 Å². The molecule has 2 aromatic heterocycles. The third-order valence-electron chi connectivity index (χ3n) is 3.93. The van der Waals surface area contributed by atoms with E-state index in [4.69, 9.17) is 9.40 Å². The fraction of sp³-hybridized carbons (Fsp3) is 0.421. The number of rotatable bonds is 1. The molecule has 0 radical (unpaired) electrons. The van der Waals surface area contributed by atoms with E-state index in [1.54, 1.807) is 11.3 Å². The number of thiophene rings is 1. The Morgan fingerprint density at radius 3 is 2.27 bits per heavy atom. The predicted octanol–water partition coefficient (Wildman–Crippen LogP) is 6.15. The molecule has 22 heavy (non-hydrogen) atoms. The number of hydrogen-bond acceptors (Lipinski definition) is 3. The van der Waals surface area contributed by atoms with Crippen molar-refractivity contribution in [1.82, 2.24) is 4.98 Å². The molecule has 0 atom stereocenters. The fourth-order valence-electron chi connectivity index (χ4n) is 2.53. The van der Waals surface area contributed by atoms with Crippen molar-refractivity contribution >= 4 is 22.4 Å². The molecule has 0 N–H and O–H groups in total. The molecule has 0 unspecified atom stereocenters. The molecule has 0 aliphatic carbocycles. The summed E-state index contributed by atoms with van der Waals surface area (Å²) in [4.78, 5) is 4.74. The van der Waals surface area contributed by atoms with E-state index in [2.05, 4.69) is 70.5 Å². The molecule has 0 aliphatic rings. The van der Waals surface area contributed by atoms with Gasteiger partial charge in [-0.3, -0.25) is 0 Å². The summed E-state index contributed by atoms with van der Waals surface area (Å²) in [5.41, 5.74) is 5.57. The Bertz CT molecular complexity index is 798. The van der Waals surface area contributed by atoms with Gasteiger partial charge in [0.2, 0.25) is 5.89 Å². The molecule has 3 aromatic rings. The quantitative estimate of drug-likeness (QED) is 0.538. The number of nitrogens with zero attached hydrogens (tertiary/aromatic N) is 1. The number of aromatic nitrogens is 1. The van der Waals surface area contributed by atoms with Crippen LogP contribution in [0.2, 0.25) is 0 Å². The van der Waals surface area contributed by atoms with Gasteiger partial charge in [0.1, 0.15) is 5.52 Å². The van der Waals surface area contributed by atoms with Gasteiger partial charge in [-0.1, -0.05) is 47.6 Å². The van der Waals surface area contributed by atoms with E-state index in [9.17, 15) is 0 Å². The van der Waals surface area contributed by atoms with Gasteiger partial charge < -0.3 is 4.42 Å². The van der Waals surface area contributed by atoms with Crippen LogP contribution in [0.1, 0.15) is 52.7 Å². The van der Waals surface area contributed by atoms with Gasteiger partial charge in [-0.05, 0) is 33.9 Å². The standard InChI is InChI=1S/C19H23NOS/c1-18(2,3)13-9-14(19(4,5)6)16-15(10-13)20-17(21-16)12-7-8-22-11-12/h7-11H,1-6H3. The fourth-order valence-corrected chi connectivity index (χ4v) is 3.16. The van der Waals surface area contributed by atoms with Gasteiger partial charge in [0.15, 0.2) is 5.58 Å².